The van der Waals surface area contributed by atoms with E-state index in [4.69, 9.17) is 9.56 Å². The highest BCUT2D eigenvalue weighted by Gasteiger charge is 2.10. The van der Waals surface area contributed by atoms with Crippen molar-refractivity contribution >= 4 is 15.9 Å². The van der Waals surface area contributed by atoms with Gasteiger partial charge in [-0.05, 0) is 55.2 Å². The summed E-state index contributed by atoms with van der Waals surface area (Å²) in [4.78, 5) is 16.4. The highest BCUT2D eigenvalue weighted by Crippen LogP contribution is 2.23. The summed E-state index contributed by atoms with van der Waals surface area (Å²) in [7, 11) is -3.69. The van der Waals surface area contributed by atoms with Gasteiger partial charge in [-0.15, -0.1) is 0 Å². The molecule has 0 fully saturated rings. The summed E-state index contributed by atoms with van der Waals surface area (Å²) in [5.41, 5.74) is 4.28. The van der Waals surface area contributed by atoms with E-state index in [1.54, 1.807) is 18.3 Å². The first-order chi connectivity index (χ1) is 14.2. The van der Waals surface area contributed by atoms with E-state index in [-0.39, 0.29) is 17.2 Å². The van der Waals surface area contributed by atoms with Crippen LogP contribution in [-0.4, -0.2) is 25.9 Å². The molecule has 0 aliphatic carbocycles. The summed E-state index contributed by atoms with van der Waals surface area (Å²) >= 11 is 0. The minimum Gasteiger partial charge on any atom is -0.441 e. The van der Waals surface area contributed by atoms with Crippen LogP contribution < -0.4 is 10.5 Å². The second kappa shape index (κ2) is 9.23. The van der Waals surface area contributed by atoms with Crippen molar-refractivity contribution in [2.45, 2.75) is 38.0 Å². The predicted octanol–water partition coefficient (Wildman–Crippen LogP) is 2.90. The predicted molar refractivity (Wildman–Crippen MR) is 114 cm³/mol. The van der Waals surface area contributed by atoms with Gasteiger partial charge in [0.25, 0.3) is 0 Å². The van der Waals surface area contributed by atoms with Crippen LogP contribution in [0.5, 0.6) is 0 Å². The first-order valence-electron chi connectivity index (χ1n) is 9.63. The fraction of sp³-hybridized carbons (Fsp3) is 0.273. The lowest BCUT2D eigenvalue weighted by atomic mass is 10.1. The fourth-order valence-electron chi connectivity index (χ4n) is 2.95. The van der Waals surface area contributed by atoms with E-state index in [9.17, 15) is 13.2 Å². The third kappa shape index (κ3) is 5.77. The van der Waals surface area contributed by atoms with Crippen molar-refractivity contribution in [1.29, 1.82) is 0 Å². The number of sulfonamides is 1. The number of carbonyl (C=O) groups excluding carboxylic acids is 1. The zero-order valence-corrected chi connectivity index (χ0v) is 17.8. The number of hydrogen-bond acceptors (Lipinski definition) is 5. The quantitative estimate of drug-likeness (QED) is 0.573. The molecular weight excluding hydrogens is 402 g/mol. The minimum absolute atomic E-state index is 0.0707. The van der Waals surface area contributed by atoms with Gasteiger partial charge in [0.2, 0.25) is 15.9 Å². The second-order valence-electron chi connectivity index (χ2n) is 7.21. The molecule has 0 unspecified atom stereocenters. The van der Waals surface area contributed by atoms with Gasteiger partial charge in [0.05, 0.1) is 11.1 Å². The summed E-state index contributed by atoms with van der Waals surface area (Å²) in [6.07, 6.45) is 2.96. The van der Waals surface area contributed by atoms with Crippen LogP contribution in [0.3, 0.4) is 0 Å². The summed E-state index contributed by atoms with van der Waals surface area (Å²) in [6, 6.07) is 12.4. The van der Waals surface area contributed by atoms with Crippen molar-refractivity contribution in [2.75, 3.05) is 6.54 Å². The van der Waals surface area contributed by atoms with E-state index in [1.807, 2.05) is 12.1 Å². The van der Waals surface area contributed by atoms with Crippen LogP contribution in [0.4, 0.5) is 0 Å². The van der Waals surface area contributed by atoms with Crippen molar-refractivity contribution in [3.63, 3.8) is 0 Å². The molecule has 0 aliphatic rings. The van der Waals surface area contributed by atoms with E-state index in [0.717, 1.165) is 11.1 Å². The number of amides is 1. The van der Waals surface area contributed by atoms with Gasteiger partial charge in [-0.2, -0.15) is 0 Å². The third-order valence-corrected chi connectivity index (χ3v) is 5.83. The van der Waals surface area contributed by atoms with Gasteiger partial charge in [-0.1, -0.05) is 24.3 Å². The smallest absolute Gasteiger partial charge is 0.238 e. The van der Waals surface area contributed by atoms with Crippen molar-refractivity contribution in [3.8, 4) is 11.3 Å². The molecule has 1 amide bonds. The topological polar surface area (TPSA) is 115 Å². The SMILES string of the molecule is Cc1ccc(-c2cnc(CCC(=O)NCCc3ccc(S(N)(=O)=O)cc3)o2)cc1C. The maximum atomic E-state index is 12.1. The molecule has 7 nitrogen and oxygen atoms in total. The van der Waals surface area contributed by atoms with E-state index < -0.39 is 10.0 Å². The maximum absolute atomic E-state index is 12.1. The number of rotatable bonds is 8. The number of hydrogen-bond donors (Lipinski definition) is 2. The average Bonchev–Trinajstić information content (AvgIpc) is 3.17. The first kappa shape index (κ1) is 21.7. The summed E-state index contributed by atoms with van der Waals surface area (Å²) in [6.45, 7) is 4.56. The van der Waals surface area contributed by atoms with Crippen LogP contribution in [0.25, 0.3) is 11.3 Å². The molecule has 158 valence electrons. The molecule has 1 heterocycles. The Hall–Kier alpha value is -2.97. The second-order valence-corrected chi connectivity index (χ2v) is 8.77. The normalized spacial score (nSPS) is 11.4. The van der Waals surface area contributed by atoms with Crippen LogP contribution in [0.1, 0.15) is 29.0 Å². The number of aryl methyl sites for hydroxylation is 3. The maximum Gasteiger partial charge on any atom is 0.238 e. The monoisotopic (exact) mass is 427 g/mol. The van der Waals surface area contributed by atoms with Gasteiger partial charge in [0.1, 0.15) is 0 Å². The number of benzene rings is 2. The fourth-order valence-corrected chi connectivity index (χ4v) is 3.47. The van der Waals surface area contributed by atoms with Crippen molar-refractivity contribution in [3.05, 3.63) is 71.2 Å². The Labute approximate surface area is 176 Å². The zero-order valence-electron chi connectivity index (χ0n) is 17.0. The molecule has 3 rings (SSSR count). The Balaban J connectivity index is 1.45. The molecule has 0 saturated carbocycles. The molecular formula is C22H25N3O4S. The van der Waals surface area contributed by atoms with Crippen molar-refractivity contribution in [1.82, 2.24) is 10.3 Å². The lowest BCUT2D eigenvalue weighted by Crippen LogP contribution is -2.25. The van der Waals surface area contributed by atoms with Crippen LogP contribution in [-0.2, 0) is 27.7 Å². The first-order valence-corrected chi connectivity index (χ1v) is 11.2. The van der Waals surface area contributed by atoms with E-state index in [0.29, 0.717) is 31.0 Å². The van der Waals surface area contributed by atoms with E-state index in [2.05, 4.69) is 30.2 Å². The lowest BCUT2D eigenvalue weighted by molar-refractivity contribution is -0.121. The van der Waals surface area contributed by atoms with Crippen LogP contribution in [0.15, 0.2) is 58.0 Å². The summed E-state index contributed by atoms with van der Waals surface area (Å²) < 4.78 is 28.3. The average molecular weight is 428 g/mol. The Kier molecular flexibility index (Phi) is 6.69. The molecule has 8 heteroatoms. The van der Waals surface area contributed by atoms with E-state index >= 15 is 0 Å². The number of nitrogens with two attached hydrogens (primary N) is 1. The molecule has 30 heavy (non-hydrogen) atoms. The summed E-state index contributed by atoms with van der Waals surface area (Å²) in [5, 5.41) is 7.92. The molecule has 0 saturated heterocycles. The highest BCUT2D eigenvalue weighted by molar-refractivity contribution is 7.89. The van der Waals surface area contributed by atoms with Crippen molar-refractivity contribution < 1.29 is 17.6 Å². The zero-order chi connectivity index (χ0) is 21.7. The van der Waals surface area contributed by atoms with E-state index in [1.165, 1.54) is 23.3 Å². The molecule has 0 radical (unpaired) electrons. The van der Waals surface area contributed by atoms with Crippen LogP contribution in [0, 0.1) is 13.8 Å². The molecule has 0 bridgehead atoms. The Morgan fingerprint density at radius 3 is 2.47 bits per heavy atom. The van der Waals surface area contributed by atoms with Gasteiger partial charge in [-0.3, -0.25) is 4.79 Å². The van der Waals surface area contributed by atoms with Gasteiger partial charge < -0.3 is 9.73 Å². The molecule has 0 atom stereocenters. The molecule has 0 spiro atoms. The van der Waals surface area contributed by atoms with Gasteiger partial charge in [-0.25, -0.2) is 18.5 Å². The third-order valence-electron chi connectivity index (χ3n) is 4.90. The largest absolute Gasteiger partial charge is 0.441 e. The number of oxazole rings is 1. The number of aromatic nitrogens is 1. The molecule has 0 aliphatic heterocycles. The van der Waals surface area contributed by atoms with Crippen LogP contribution in [0.2, 0.25) is 0 Å². The number of primary sulfonamides is 1. The number of nitrogens with one attached hydrogen (secondary N) is 1. The standard InChI is InChI=1S/C22H25N3O4S/c1-15-3-6-18(13-16(15)2)20-14-25-22(29-20)10-9-21(26)24-12-11-17-4-7-19(8-5-17)30(23,27)28/h3-8,13-14H,9-12H2,1-2H3,(H,24,26)(H2,23,27,28). The van der Waals surface area contributed by atoms with Gasteiger partial charge >= 0.3 is 0 Å². The number of carbonyl (C=O) groups is 1. The highest BCUT2D eigenvalue weighted by atomic mass is 32.2. The van der Waals surface area contributed by atoms with Gasteiger partial charge in [0.15, 0.2) is 11.7 Å². The molecule has 3 aromatic rings. The lowest BCUT2D eigenvalue weighted by Gasteiger charge is -2.05. The number of nitrogens with zero attached hydrogens (tertiary/aromatic N) is 1. The molecule has 1 aromatic heterocycles. The van der Waals surface area contributed by atoms with Crippen LogP contribution >= 0.6 is 0 Å². The Morgan fingerprint density at radius 1 is 1.07 bits per heavy atom. The van der Waals surface area contributed by atoms with Crippen molar-refractivity contribution in [2.24, 2.45) is 5.14 Å². The molecule has 3 N–H and O–H groups in total. The minimum atomic E-state index is -3.69. The molecule has 2 aromatic carbocycles. The Bertz CT molecular complexity index is 1140. The Morgan fingerprint density at radius 2 is 1.80 bits per heavy atom. The summed E-state index contributed by atoms with van der Waals surface area (Å²) in [5.74, 6) is 1.12. The van der Waals surface area contributed by atoms with Gasteiger partial charge in [0, 0.05) is 24.9 Å².